The average molecular weight is 239 g/mol. The first kappa shape index (κ1) is 11.4. The van der Waals surface area contributed by atoms with Gasteiger partial charge in [-0.3, -0.25) is 4.79 Å². The highest BCUT2D eigenvalue weighted by Crippen LogP contribution is 2.42. The number of fused-ring (bicyclic) bond motifs is 1. The second-order valence-corrected chi connectivity index (χ2v) is 4.64. The van der Waals surface area contributed by atoms with Gasteiger partial charge in [0.2, 0.25) is 0 Å². The number of carbonyl (C=O) groups is 1. The summed E-state index contributed by atoms with van der Waals surface area (Å²) in [5.74, 6) is -0.115. The number of Topliss-reactive ketones (excluding diaryl/α,β-unsaturated/α-hetero) is 1. The molecule has 0 fully saturated rings. The first-order valence-corrected chi connectivity index (χ1v) is 5.67. The summed E-state index contributed by atoms with van der Waals surface area (Å²) in [4.78, 5) is 13.9. The van der Waals surface area contributed by atoms with Gasteiger partial charge in [0.05, 0.1) is 12.5 Å². The molecule has 1 atom stereocenters. The number of ketones is 1. The molecule has 0 saturated heterocycles. The molecular formula is C12H15ClN2O. The Morgan fingerprint density at radius 2 is 2.31 bits per heavy atom. The fraction of sp³-hybridized carbons (Fsp3) is 0.417. The maximum Gasteiger partial charge on any atom is 0.155 e. The molecule has 1 aliphatic rings. The average Bonchev–Trinajstić information content (AvgIpc) is 2.62. The van der Waals surface area contributed by atoms with Crippen molar-refractivity contribution in [1.82, 2.24) is 0 Å². The third-order valence-electron chi connectivity index (χ3n) is 3.14. The first-order valence-electron chi connectivity index (χ1n) is 5.29. The van der Waals surface area contributed by atoms with Crippen molar-refractivity contribution in [2.45, 2.75) is 12.8 Å². The number of benzene rings is 1. The summed E-state index contributed by atoms with van der Waals surface area (Å²) in [5.41, 5.74) is 8.61. The Morgan fingerprint density at radius 3 is 2.94 bits per heavy atom. The lowest BCUT2D eigenvalue weighted by atomic mass is 9.95. The zero-order chi connectivity index (χ0) is 11.9. The summed E-state index contributed by atoms with van der Waals surface area (Å²) in [6.07, 6.45) is 0. The Morgan fingerprint density at radius 1 is 1.62 bits per heavy atom. The van der Waals surface area contributed by atoms with E-state index in [9.17, 15) is 4.79 Å². The number of nitrogens with zero attached hydrogens (tertiary/aromatic N) is 1. The molecule has 0 saturated carbocycles. The topological polar surface area (TPSA) is 46.3 Å². The van der Waals surface area contributed by atoms with Crippen LogP contribution in [0.4, 0.5) is 5.69 Å². The maximum absolute atomic E-state index is 11.8. The summed E-state index contributed by atoms with van der Waals surface area (Å²) >= 11 is 6.18. The molecule has 1 aliphatic heterocycles. The van der Waals surface area contributed by atoms with Crippen molar-refractivity contribution in [3.05, 3.63) is 28.3 Å². The minimum Gasteiger partial charge on any atom is -0.373 e. The van der Waals surface area contributed by atoms with E-state index in [2.05, 4.69) is 4.90 Å². The van der Waals surface area contributed by atoms with Gasteiger partial charge in [-0.2, -0.15) is 0 Å². The van der Waals surface area contributed by atoms with Crippen LogP contribution in [0.15, 0.2) is 12.1 Å². The lowest BCUT2D eigenvalue weighted by Gasteiger charge is -2.14. The molecule has 16 heavy (non-hydrogen) atoms. The van der Waals surface area contributed by atoms with E-state index in [0.29, 0.717) is 11.6 Å². The standard InChI is InChI=1S/C12H15ClN2O/c1-7-3-4-9(13)11-8(10(16)5-14)6-15(2)12(7)11/h3-4,8H,5-6,14H2,1-2H3. The van der Waals surface area contributed by atoms with Crippen molar-refractivity contribution in [1.29, 1.82) is 0 Å². The molecule has 86 valence electrons. The van der Waals surface area contributed by atoms with Crippen LogP contribution >= 0.6 is 11.6 Å². The van der Waals surface area contributed by atoms with E-state index >= 15 is 0 Å². The van der Waals surface area contributed by atoms with Crippen LogP contribution in [0.3, 0.4) is 0 Å². The van der Waals surface area contributed by atoms with Crippen molar-refractivity contribution < 1.29 is 4.79 Å². The van der Waals surface area contributed by atoms with Gasteiger partial charge in [-0.1, -0.05) is 17.7 Å². The third kappa shape index (κ3) is 1.60. The third-order valence-corrected chi connectivity index (χ3v) is 3.47. The number of anilines is 1. The number of hydrogen-bond donors (Lipinski definition) is 1. The van der Waals surface area contributed by atoms with E-state index in [1.165, 1.54) is 0 Å². The summed E-state index contributed by atoms with van der Waals surface area (Å²) in [5, 5.41) is 0.664. The van der Waals surface area contributed by atoms with Gasteiger partial charge in [-0.15, -0.1) is 0 Å². The number of rotatable bonds is 2. The Hall–Kier alpha value is -1.06. The van der Waals surface area contributed by atoms with Crippen molar-refractivity contribution in [3.8, 4) is 0 Å². The molecule has 0 aliphatic carbocycles. The summed E-state index contributed by atoms with van der Waals surface area (Å²) in [7, 11) is 1.98. The van der Waals surface area contributed by atoms with Gasteiger partial charge in [0.1, 0.15) is 0 Å². The monoisotopic (exact) mass is 238 g/mol. The quantitative estimate of drug-likeness (QED) is 0.853. The Bertz CT molecular complexity index is 445. The second kappa shape index (κ2) is 4.07. The minimum atomic E-state index is -0.169. The zero-order valence-corrected chi connectivity index (χ0v) is 10.2. The lowest BCUT2D eigenvalue weighted by molar-refractivity contribution is -0.118. The van der Waals surface area contributed by atoms with Gasteiger partial charge in [0.15, 0.2) is 5.78 Å². The van der Waals surface area contributed by atoms with E-state index in [4.69, 9.17) is 17.3 Å². The van der Waals surface area contributed by atoms with Crippen LogP contribution in [0.5, 0.6) is 0 Å². The smallest absolute Gasteiger partial charge is 0.155 e. The Kier molecular flexibility index (Phi) is 2.91. The molecule has 1 unspecified atom stereocenters. The number of aryl methyl sites for hydroxylation is 1. The molecule has 1 aromatic carbocycles. The fourth-order valence-corrected chi connectivity index (χ4v) is 2.68. The van der Waals surface area contributed by atoms with E-state index in [0.717, 1.165) is 16.8 Å². The normalized spacial score (nSPS) is 18.8. The molecule has 2 rings (SSSR count). The highest BCUT2D eigenvalue weighted by molar-refractivity contribution is 6.32. The van der Waals surface area contributed by atoms with Crippen molar-refractivity contribution in [2.24, 2.45) is 5.73 Å². The highest BCUT2D eigenvalue weighted by Gasteiger charge is 2.33. The van der Waals surface area contributed by atoms with Gasteiger partial charge in [-0.05, 0) is 18.6 Å². The zero-order valence-electron chi connectivity index (χ0n) is 9.46. The van der Waals surface area contributed by atoms with E-state index in [1.54, 1.807) is 0 Å². The predicted octanol–water partition coefficient (Wildman–Crippen LogP) is 1.71. The summed E-state index contributed by atoms with van der Waals surface area (Å²) < 4.78 is 0. The number of likely N-dealkylation sites (N-methyl/N-ethyl adjacent to an activating group) is 1. The maximum atomic E-state index is 11.8. The number of hydrogen-bond acceptors (Lipinski definition) is 3. The molecule has 0 spiro atoms. The molecule has 2 N–H and O–H groups in total. The van der Waals surface area contributed by atoms with Crippen LogP contribution < -0.4 is 10.6 Å². The van der Waals surface area contributed by atoms with E-state index in [1.807, 2.05) is 26.1 Å². The predicted molar refractivity (Wildman–Crippen MR) is 66.3 cm³/mol. The van der Waals surface area contributed by atoms with E-state index in [-0.39, 0.29) is 18.2 Å². The molecule has 1 aromatic rings. The van der Waals surface area contributed by atoms with Gasteiger partial charge in [0.25, 0.3) is 0 Å². The van der Waals surface area contributed by atoms with Crippen LogP contribution in [-0.4, -0.2) is 25.9 Å². The molecular weight excluding hydrogens is 224 g/mol. The number of nitrogens with two attached hydrogens (primary N) is 1. The van der Waals surface area contributed by atoms with Gasteiger partial charge < -0.3 is 10.6 Å². The van der Waals surface area contributed by atoms with Gasteiger partial charge in [-0.25, -0.2) is 0 Å². The van der Waals surface area contributed by atoms with Crippen molar-refractivity contribution in [3.63, 3.8) is 0 Å². The number of carbonyl (C=O) groups excluding carboxylic acids is 1. The highest BCUT2D eigenvalue weighted by atomic mass is 35.5. The summed E-state index contributed by atoms with van der Waals surface area (Å²) in [6, 6.07) is 3.83. The lowest BCUT2D eigenvalue weighted by Crippen LogP contribution is -2.25. The van der Waals surface area contributed by atoms with Crippen molar-refractivity contribution >= 4 is 23.1 Å². The Labute approximate surface area is 100 Å². The Balaban J connectivity index is 2.56. The molecule has 0 aromatic heterocycles. The van der Waals surface area contributed by atoms with Gasteiger partial charge >= 0.3 is 0 Å². The largest absolute Gasteiger partial charge is 0.373 e. The molecule has 1 heterocycles. The summed E-state index contributed by atoms with van der Waals surface area (Å²) in [6.45, 7) is 2.78. The van der Waals surface area contributed by atoms with E-state index < -0.39 is 0 Å². The molecule has 0 bridgehead atoms. The SMILES string of the molecule is Cc1ccc(Cl)c2c1N(C)CC2C(=O)CN. The molecule has 4 heteroatoms. The molecule has 3 nitrogen and oxygen atoms in total. The first-order chi connectivity index (χ1) is 7.56. The molecule has 0 radical (unpaired) electrons. The fourth-order valence-electron chi connectivity index (χ4n) is 2.39. The minimum absolute atomic E-state index is 0.0538. The van der Waals surface area contributed by atoms with Crippen molar-refractivity contribution in [2.75, 3.05) is 25.0 Å². The van der Waals surface area contributed by atoms with Crippen LogP contribution in [-0.2, 0) is 4.79 Å². The van der Waals surface area contributed by atoms with Crippen LogP contribution in [0.2, 0.25) is 5.02 Å². The van der Waals surface area contributed by atoms with Gasteiger partial charge in [0, 0.05) is 29.9 Å². The van der Waals surface area contributed by atoms with Crippen LogP contribution in [0, 0.1) is 6.92 Å². The van der Waals surface area contributed by atoms with Crippen LogP contribution in [0.1, 0.15) is 17.0 Å². The number of halogens is 1. The molecule has 0 amide bonds. The van der Waals surface area contributed by atoms with Crippen LogP contribution in [0.25, 0.3) is 0 Å². The second-order valence-electron chi connectivity index (χ2n) is 4.23.